The van der Waals surface area contributed by atoms with E-state index in [0.717, 1.165) is 19.6 Å². The number of halogens is 2. The maximum absolute atomic E-state index is 12.0. The molecule has 0 spiro atoms. The predicted molar refractivity (Wildman–Crippen MR) is 80.6 cm³/mol. The van der Waals surface area contributed by atoms with Gasteiger partial charge in [-0.3, -0.25) is 4.79 Å². The molecule has 1 aromatic carbocycles. The molecule has 20 heavy (non-hydrogen) atoms. The fourth-order valence-electron chi connectivity index (χ4n) is 2.16. The van der Waals surface area contributed by atoms with Crippen LogP contribution in [0.3, 0.4) is 0 Å². The van der Waals surface area contributed by atoms with Crippen LogP contribution in [0.5, 0.6) is 5.75 Å². The molecule has 1 N–H and O–H groups in total. The second-order valence-corrected chi connectivity index (χ2v) is 5.71. The average molecular weight is 317 g/mol. The lowest BCUT2D eigenvalue weighted by Crippen LogP contribution is -2.51. The number of nitrogens with zero attached hydrogens (tertiary/aromatic N) is 1. The molecule has 1 atom stereocenters. The number of benzene rings is 1. The molecular weight excluding hydrogens is 299 g/mol. The summed E-state index contributed by atoms with van der Waals surface area (Å²) in [6.07, 6.45) is 0.353. The molecule has 1 saturated heterocycles. The standard InChI is InChI=1S/C14H18Cl2N2O2/c1-10-9-18(6-5-17-10)14(19)4-7-20-13-3-2-11(15)8-12(13)16/h2-3,8,10,17H,4-7,9H2,1H3. The van der Waals surface area contributed by atoms with Crippen molar-refractivity contribution in [1.29, 1.82) is 0 Å². The number of rotatable bonds is 4. The van der Waals surface area contributed by atoms with Gasteiger partial charge in [0.05, 0.1) is 18.1 Å². The normalized spacial score (nSPS) is 18.9. The van der Waals surface area contributed by atoms with Gasteiger partial charge in [0.15, 0.2) is 0 Å². The lowest BCUT2D eigenvalue weighted by molar-refractivity contribution is -0.132. The number of hydrogen-bond acceptors (Lipinski definition) is 3. The van der Waals surface area contributed by atoms with Crippen LogP contribution in [0.4, 0.5) is 0 Å². The molecule has 110 valence electrons. The van der Waals surface area contributed by atoms with Gasteiger partial charge in [0.2, 0.25) is 5.91 Å². The van der Waals surface area contributed by atoms with Crippen molar-refractivity contribution in [3.63, 3.8) is 0 Å². The van der Waals surface area contributed by atoms with E-state index in [9.17, 15) is 4.79 Å². The molecule has 0 aromatic heterocycles. The molecule has 6 heteroatoms. The van der Waals surface area contributed by atoms with Crippen LogP contribution in [0, 0.1) is 0 Å². The maximum Gasteiger partial charge on any atom is 0.226 e. The fraction of sp³-hybridized carbons (Fsp3) is 0.500. The molecule has 1 unspecified atom stereocenters. The molecule has 0 aliphatic carbocycles. The summed E-state index contributed by atoms with van der Waals surface area (Å²) in [6, 6.07) is 5.39. The Morgan fingerprint density at radius 1 is 1.50 bits per heavy atom. The van der Waals surface area contributed by atoms with E-state index in [1.807, 2.05) is 4.90 Å². The number of piperazine rings is 1. The van der Waals surface area contributed by atoms with E-state index in [-0.39, 0.29) is 5.91 Å². The second-order valence-electron chi connectivity index (χ2n) is 4.87. The molecule has 1 heterocycles. The Kier molecular flexibility index (Phi) is 5.52. The maximum atomic E-state index is 12.0. The van der Waals surface area contributed by atoms with Gasteiger partial charge in [-0.1, -0.05) is 23.2 Å². The van der Waals surface area contributed by atoms with Gasteiger partial charge in [0.1, 0.15) is 5.75 Å². The highest BCUT2D eigenvalue weighted by Crippen LogP contribution is 2.27. The molecule has 1 aliphatic rings. The quantitative estimate of drug-likeness (QED) is 0.928. The molecule has 4 nitrogen and oxygen atoms in total. The highest BCUT2D eigenvalue weighted by molar-refractivity contribution is 6.35. The Morgan fingerprint density at radius 2 is 2.30 bits per heavy atom. The molecular formula is C14H18Cl2N2O2. The molecule has 1 aliphatic heterocycles. The second kappa shape index (κ2) is 7.16. The minimum Gasteiger partial charge on any atom is -0.491 e. The zero-order valence-corrected chi connectivity index (χ0v) is 12.9. The first-order chi connectivity index (χ1) is 9.56. The van der Waals surface area contributed by atoms with Gasteiger partial charge >= 0.3 is 0 Å². The summed E-state index contributed by atoms with van der Waals surface area (Å²) in [7, 11) is 0. The van der Waals surface area contributed by atoms with Gasteiger partial charge in [0, 0.05) is 30.7 Å². The van der Waals surface area contributed by atoms with E-state index >= 15 is 0 Å². The van der Waals surface area contributed by atoms with Crippen molar-refractivity contribution in [2.24, 2.45) is 0 Å². The Morgan fingerprint density at radius 3 is 3.00 bits per heavy atom. The Labute approximate surface area is 129 Å². The summed E-state index contributed by atoms with van der Waals surface area (Å²) in [5, 5.41) is 4.33. The molecule has 1 amide bonds. The number of amides is 1. The Bertz CT molecular complexity index is 482. The van der Waals surface area contributed by atoms with Gasteiger partial charge < -0.3 is 15.0 Å². The fourth-order valence-corrected chi connectivity index (χ4v) is 2.62. The summed E-state index contributed by atoms with van der Waals surface area (Å²) in [5.74, 6) is 0.668. The molecule has 1 fully saturated rings. The minimum absolute atomic E-state index is 0.114. The molecule has 1 aromatic rings. The van der Waals surface area contributed by atoms with Crippen molar-refractivity contribution in [2.45, 2.75) is 19.4 Å². The minimum atomic E-state index is 0.114. The predicted octanol–water partition coefficient (Wildman–Crippen LogP) is 2.58. The van der Waals surface area contributed by atoms with Crippen LogP contribution in [-0.2, 0) is 4.79 Å². The smallest absolute Gasteiger partial charge is 0.226 e. The first-order valence-electron chi connectivity index (χ1n) is 6.65. The van der Waals surface area contributed by atoms with Gasteiger partial charge in [-0.15, -0.1) is 0 Å². The first-order valence-corrected chi connectivity index (χ1v) is 7.41. The third-order valence-electron chi connectivity index (χ3n) is 3.19. The van der Waals surface area contributed by atoms with Crippen molar-refractivity contribution in [1.82, 2.24) is 10.2 Å². The number of nitrogens with one attached hydrogen (secondary N) is 1. The van der Waals surface area contributed by atoms with Crippen molar-refractivity contribution < 1.29 is 9.53 Å². The average Bonchev–Trinajstić information content (AvgIpc) is 2.41. The largest absolute Gasteiger partial charge is 0.491 e. The molecule has 2 rings (SSSR count). The van der Waals surface area contributed by atoms with Crippen molar-refractivity contribution in [3.8, 4) is 5.75 Å². The zero-order chi connectivity index (χ0) is 14.5. The summed E-state index contributed by atoms with van der Waals surface area (Å²) in [4.78, 5) is 13.9. The monoisotopic (exact) mass is 316 g/mol. The van der Waals surface area contributed by atoms with Gasteiger partial charge in [0.25, 0.3) is 0 Å². The van der Waals surface area contributed by atoms with Crippen LogP contribution < -0.4 is 10.1 Å². The zero-order valence-electron chi connectivity index (χ0n) is 11.4. The molecule has 0 radical (unpaired) electrons. The Balaban J connectivity index is 1.79. The number of ether oxygens (including phenoxy) is 1. The van der Waals surface area contributed by atoms with Crippen molar-refractivity contribution in [2.75, 3.05) is 26.2 Å². The van der Waals surface area contributed by atoms with E-state index in [4.69, 9.17) is 27.9 Å². The number of carbonyl (C=O) groups is 1. The van der Waals surface area contributed by atoms with Gasteiger partial charge in [-0.05, 0) is 25.1 Å². The highest BCUT2D eigenvalue weighted by Gasteiger charge is 2.20. The van der Waals surface area contributed by atoms with Crippen LogP contribution in [0.1, 0.15) is 13.3 Å². The summed E-state index contributed by atoms with van der Waals surface area (Å²) >= 11 is 11.8. The first kappa shape index (κ1) is 15.4. The van der Waals surface area contributed by atoms with Crippen molar-refractivity contribution in [3.05, 3.63) is 28.2 Å². The molecule has 0 saturated carbocycles. The van der Waals surface area contributed by atoms with E-state index in [0.29, 0.717) is 34.9 Å². The van der Waals surface area contributed by atoms with Crippen molar-refractivity contribution >= 4 is 29.1 Å². The summed E-state index contributed by atoms with van der Waals surface area (Å²) in [5.41, 5.74) is 0. The van der Waals surface area contributed by atoms with Gasteiger partial charge in [-0.2, -0.15) is 0 Å². The highest BCUT2D eigenvalue weighted by atomic mass is 35.5. The van der Waals surface area contributed by atoms with Crippen LogP contribution in [0.15, 0.2) is 18.2 Å². The van der Waals surface area contributed by atoms with E-state index in [1.54, 1.807) is 18.2 Å². The number of carbonyl (C=O) groups excluding carboxylic acids is 1. The van der Waals surface area contributed by atoms with E-state index < -0.39 is 0 Å². The lowest BCUT2D eigenvalue weighted by Gasteiger charge is -2.31. The SMILES string of the molecule is CC1CN(C(=O)CCOc2ccc(Cl)cc2Cl)CCN1. The number of hydrogen-bond donors (Lipinski definition) is 1. The van der Waals surface area contributed by atoms with E-state index in [2.05, 4.69) is 12.2 Å². The van der Waals surface area contributed by atoms with Crippen LogP contribution in [-0.4, -0.2) is 43.1 Å². The van der Waals surface area contributed by atoms with E-state index in [1.165, 1.54) is 0 Å². The van der Waals surface area contributed by atoms with Crippen LogP contribution in [0.2, 0.25) is 10.0 Å². The van der Waals surface area contributed by atoms with Crippen LogP contribution >= 0.6 is 23.2 Å². The Hall–Kier alpha value is -0.970. The third kappa shape index (κ3) is 4.27. The lowest BCUT2D eigenvalue weighted by atomic mass is 10.2. The van der Waals surface area contributed by atoms with Gasteiger partial charge in [-0.25, -0.2) is 0 Å². The molecule has 0 bridgehead atoms. The topological polar surface area (TPSA) is 41.6 Å². The summed E-state index contributed by atoms with van der Waals surface area (Å²) < 4.78 is 5.53. The summed E-state index contributed by atoms with van der Waals surface area (Å²) in [6.45, 7) is 4.74. The third-order valence-corrected chi connectivity index (χ3v) is 3.72. The van der Waals surface area contributed by atoms with Crippen LogP contribution in [0.25, 0.3) is 0 Å².